The van der Waals surface area contributed by atoms with Crippen LogP contribution in [0.1, 0.15) is 50.9 Å². The second kappa shape index (κ2) is 6.68. The molecule has 0 aromatic carbocycles. The van der Waals surface area contributed by atoms with Gasteiger partial charge in [-0.3, -0.25) is 0 Å². The molecule has 1 aromatic heterocycles. The van der Waals surface area contributed by atoms with Gasteiger partial charge in [-0.15, -0.1) is 5.10 Å². The summed E-state index contributed by atoms with van der Waals surface area (Å²) in [6.45, 7) is 5.28. The molecule has 0 bridgehead atoms. The van der Waals surface area contributed by atoms with E-state index in [1.165, 1.54) is 0 Å². The first kappa shape index (κ1) is 16.6. The molecule has 23 heavy (non-hydrogen) atoms. The fourth-order valence-corrected chi connectivity index (χ4v) is 4.89. The Bertz CT molecular complexity index is 652. The van der Waals surface area contributed by atoms with Gasteiger partial charge in [0, 0.05) is 19.1 Å². The number of hydrogen-bond acceptors (Lipinski definition) is 6. The lowest BCUT2D eigenvalue weighted by Gasteiger charge is -2.31. The van der Waals surface area contributed by atoms with Crippen molar-refractivity contribution in [3.63, 3.8) is 0 Å². The van der Waals surface area contributed by atoms with Crippen molar-refractivity contribution in [3.05, 3.63) is 11.4 Å². The van der Waals surface area contributed by atoms with Gasteiger partial charge in [0.2, 0.25) is 16.0 Å². The number of piperidine rings is 1. The van der Waals surface area contributed by atoms with Crippen LogP contribution in [0.2, 0.25) is 0 Å². The van der Waals surface area contributed by atoms with Crippen molar-refractivity contribution in [1.29, 1.82) is 0 Å². The van der Waals surface area contributed by atoms with Crippen molar-refractivity contribution in [1.82, 2.24) is 19.5 Å². The predicted octanol–water partition coefficient (Wildman–Crippen LogP) is 1.36. The smallest absolute Gasteiger partial charge is 0.243 e. The van der Waals surface area contributed by atoms with E-state index in [1.54, 1.807) is 4.31 Å². The predicted molar refractivity (Wildman–Crippen MR) is 88.7 cm³/mol. The summed E-state index contributed by atoms with van der Waals surface area (Å²) in [6.07, 6.45) is 4.89. The molecule has 1 saturated carbocycles. The van der Waals surface area contributed by atoms with Crippen LogP contribution in [-0.4, -0.2) is 52.3 Å². The summed E-state index contributed by atoms with van der Waals surface area (Å²) >= 11 is 0. The average Bonchev–Trinajstić information content (AvgIpc) is 3.40. The molecule has 7 nitrogen and oxygen atoms in total. The molecule has 1 N–H and O–H groups in total. The summed E-state index contributed by atoms with van der Waals surface area (Å²) in [5, 5.41) is 11.6. The van der Waals surface area contributed by atoms with Crippen molar-refractivity contribution >= 4 is 16.0 Å². The van der Waals surface area contributed by atoms with E-state index in [0.717, 1.165) is 49.9 Å². The number of nitrogens with one attached hydrogen (secondary N) is 1. The van der Waals surface area contributed by atoms with E-state index in [9.17, 15) is 8.42 Å². The van der Waals surface area contributed by atoms with Crippen LogP contribution in [0.4, 0.5) is 5.95 Å². The fraction of sp³-hybridized carbons (Fsp3) is 0.800. The normalized spacial score (nSPS) is 20.6. The van der Waals surface area contributed by atoms with E-state index < -0.39 is 10.0 Å². The summed E-state index contributed by atoms with van der Waals surface area (Å²) in [5.41, 5.74) is 1.93. The molecular formula is C15H25N5O2S. The van der Waals surface area contributed by atoms with Crippen LogP contribution in [0.25, 0.3) is 0 Å². The second-order valence-electron chi connectivity index (χ2n) is 6.30. The zero-order chi connectivity index (χ0) is 16.4. The van der Waals surface area contributed by atoms with Crippen LogP contribution in [0.15, 0.2) is 0 Å². The minimum atomic E-state index is -3.04. The Morgan fingerprint density at radius 3 is 2.26 bits per heavy atom. The molecule has 1 aromatic rings. The number of aryl methyl sites for hydroxylation is 2. The molecular weight excluding hydrogens is 314 g/mol. The first-order valence-electron chi connectivity index (χ1n) is 8.52. The molecule has 3 rings (SSSR count). The molecule has 2 fully saturated rings. The summed E-state index contributed by atoms with van der Waals surface area (Å²) < 4.78 is 26.1. The molecule has 1 aliphatic carbocycles. The number of anilines is 1. The average molecular weight is 339 g/mol. The standard InChI is InChI=1S/C15H25N5O2S/c1-3-13-14(4-2)18-19-15(17-13)16-11-7-9-20(10-8-11)23(21,22)12-5-6-12/h11-12H,3-10H2,1-2H3,(H,16,17,19). The van der Waals surface area contributed by atoms with Crippen molar-refractivity contribution in [2.45, 2.75) is 63.7 Å². The van der Waals surface area contributed by atoms with Crippen LogP contribution in [0.3, 0.4) is 0 Å². The maximum atomic E-state index is 12.2. The van der Waals surface area contributed by atoms with Gasteiger partial charge in [0.25, 0.3) is 0 Å². The van der Waals surface area contributed by atoms with Crippen LogP contribution in [0.5, 0.6) is 0 Å². The molecule has 0 unspecified atom stereocenters. The lowest BCUT2D eigenvalue weighted by Crippen LogP contribution is -2.43. The third-order valence-electron chi connectivity index (χ3n) is 4.60. The van der Waals surface area contributed by atoms with Gasteiger partial charge in [0.05, 0.1) is 16.6 Å². The Morgan fingerprint density at radius 1 is 1.04 bits per heavy atom. The van der Waals surface area contributed by atoms with Gasteiger partial charge in [-0.1, -0.05) is 13.8 Å². The highest BCUT2D eigenvalue weighted by Gasteiger charge is 2.41. The molecule has 2 heterocycles. The molecule has 128 valence electrons. The summed E-state index contributed by atoms with van der Waals surface area (Å²) in [6, 6.07) is 0.208. The number of nitrogens with zero attached hydrogens (tertiary/aromatic N) is 4. The minimum absolute atomic E-state index is 0.117. The van der Waals surface area contributed by atoms with Crippen molar-refractivity contribution in [2.24, 2.45) is 0 Å². The van der Waals surface area contributed by atoms with Crippen LogP contribution >= 0.6 is 0 Å². The molecule has 1 saturated heterocycles. The van der Waals surface area contributed by atoms with Crippen LogP contribution in [0, 0.1) is 0 Å². The lowest BCUT2D eigenvalue weighted by atomic mass is 10.1. The highest BCUT2D eigenvalue weighted by molar-refractivity contribution is 7.90. The second-order valence-corrected chi connectivity index (χ2v) is 8.51. The van der Waals surface area contributed by atoms with Gasteiger partial charge in [-0.2, -0.15) is 5.10 Å². The number of rotatable bonds is 6. The Kier molecular flexibility index (Phi) is 4.82. The molecule has 8 heteroatoms. The Balaban J connectivity index is 1.58. The quantitative estimate of drug-likeness (QED) is 0.842. The number of hydrogen-bond donors (Lipinski definition) is 1. The van der Waals surface area contributed by atoms with Crippen molar-refractivity contribution in [3.8, 4) is 0 Å². The van der Waals surface area contributed by atoms with E-state index in [0.29, 0.717) is 19.0 Å². The van der Waals surface area contributed by atoms with Gasteiger partial charge in [0.1, 0.15) is 0 Å². The fourth-order valence-electron chi connectivity index (χ4n) is 3.01. The monoisotopic (exact) mass is 339 g/mol. The topological polar surface area (TPSA) is 88.1 Å². The number of sulfonamides is 1. The molecule has 0 amide bonds. The van der Waals surface area contributed by atoms with Gasteiger partial charge >= 0.3 is 0 Å². The lowest BCUT2D eigenvalue weighted by molar-refractivity contribution is 0.328. The molecule has 1 aliphatic heterocycles. The van der Waals surface area contributed by atoms with Gasteiger partial charge in [-0.05, 0) is 38.5 Å². The zero-order valence-corrected chi connectivity index (χ0v) is 14.6. The highest BCUT2D eigenvalue weighted by atomic mass is 32.2. The van der Waals surface area contributed by atoms with Crippen LogP contribution in [-0.2, 0) is 22.9 Å². The first-order chi connectivity index (χ1) is 11.0. The van der Waals surface area contributed by atoms with Crippen LogP contribution < -0.4 is 5.32 Å². The molecule has 0 atom stereocenters. The molecule has 2 aliphatic rings. The van der Waals surface area contributed by atoms with E-state index in [2.05, 4.69) is 27.4 Å². The molecule has 0 spiro atoms. The summed E-state index contributed by atoms with van der Waals surface area (Å²) in [5.74, 6) is 0.558. The molecule has 0 radical (unpaired) electrons. The largest absolute Gasteiger partial charge is 0.350 e. The minimum Gasteiger partial charge on any atom is -0.350 e. The van der Waals surface area contributed by atoms with Gasteiger partial charge < -0.3 is 5.32 Å². The maximum Gasteiger partial charge on any atom is 0.243 e. The Morgan fingerprint density at radius 2 is 1.70 bits per heavy atom. The van der Waals surface area contributed by atoms with Gasteiger partial charge in [0.15, 0.2) is 0 Å². The summed E-state index contributed by atoms with van der Waals surface area (Å²) in [4.78, 5) is 4.55. The van der Waals surface area contributed by atoms with E-state index in [4.69, 9.17) is 0 Å². The SMILES string of the molecule is CCc1nnc(NC2CCN(S(=O)(=O)C3CC3)CC2)nc1CC. The number of aromatic nitrogens is 3. The Labute approximate surface area is 137 Å². The van der Waals surface area contributed by atoms with Crippen molar-refractivity contribution in [2.75, 3.05) is 18.4 Å². The third kappa shape index (κ3) is 3.63. The van der Waals surface area contributed by atoms with Crippen molar-refractivity contribution < 1.29 is 8.42 Å². The first-order valence-corrected chi connectivity index (χ1v) is 10.0. The van der Waals surface area contributed by atoms with E-state index >= 15 is 0 Å². The zero-order valence-electron chi connectivity index (χ0n) is 13.8. The van der Waals surface area contributed by atoms with E-state index in [1.807, 2.05) is 6.92 Å². The maximum absolute atomic E-state index is 12.2. The van der Waals surface area contributed by atoms with E-state index in [-0.39, 0.29) is 11.3 Å². The third-order valence-corrected chi connectivity index (χ3v) is 7.00. The Hall–Kier alpha value is -1.28. The highest BCUT2D eigenvalue weighted by Crippen LogP contribution is 2.32. The summed E-state index contributed by atoms with van der Waals surface area (Å²) in [7, 11) is -3.04. The van der Waals surface area contributed by atoms with Gasteiger partial charge in [-0.25, -0.2) is 17.7 Å².